The molecule has 0 aliphatic rings. The summed E-state index contributed by atoms with van der Waals surface area (Å²) in [6, 6.07) is 9.45. The van der Waals surface area contributed by atoms with Crippen molar-refractivity contribution in [2.75, 3.05) is 19.4 Å². The lowest BCUT2D eigenvalue weighted by Gasteiger charge is -2.19. The van der Waals surface area contributed by atoms with Crippen LogP contribution >= 0.6 is 0 Å². The molecule has 0 aliphatic heterocycles. The molecule has 94 valence electrons. The first-order valence-corrected chi connectivity index (χ1v) is 5.90. The Labute approximate surface area is 107 Å². The SMILES string of the molecule is C[C@@H](C(=O)Nc1cccc2cccnc12)N(C)C. The highest BCUT2D eigenvalue weighted by molar-refractivity contribution is 6.02. The molecule has 1 aromatic carbocycles. The first kappa shape index (κ1) is 12.5. The maximum absolute atomic E-state index is 12.0. The first-order valence-electron chi connectivity index (χ1n) is 5.90. The monoisotopic (exact) mass is 243 g/mol. The van der Waals surface area contributed by atoms with E-state index in [2.05, 4.69) is 10.3 Å². The van der Waals surface area contributed by atoms with E-state index in [-0.39, 0.29) is 11.9 Å². The van der Waals surface area contributed by atoms with Crippen LogP contribution in [0.15, 0.2) is 36.5 Å². The van der Waals surface area contributed by atoms with E-state index in [0.717, 1.165) is 16.6 Å². The molecule has 0 saturated heterocycles. The van der Waals surface area contributed by atoms with Gasteiger partial charge in [-0.3, -0.25) is 14.7 Å². The molecule has 1 heterocycles. The number of fused-ring (bicyclic) bond motifs is 1. The molecule has 4 heteroatoms. The summed E-state index contributed by atoms with van der Waals surface area (Å²) in [4.78, 5) is 18.2. The van der Waals surface area contributed by atoms with Crippen LogP contribution in [0.25, 0.3) is 10.9 Å². The zero-order chi connectivity index (χ0) is 13.1. The van der Waals surface area contributed by atoms with Crippen LogP contribution in [0.1, 0.15) is 6.92 Å². The average molecular weight is 243 g/mol. The van der Waals surface area contributed by atoms with Crippen LogP contribution in [-0.4, -0.2) is 35.9 Å². The van der Waals surface area contributed by atoms with Crippen molar-refractivity contribution in [1.82, 2.24) is 9.88 Å². The Morgan fingerprint density at radius 1 is 1.28 bits per heavy atom. The highest BCUT2D eigenvalue weighted by Gasteiger charge is 2.15. The van der Waals surface area contributed by atoms with Crippen LogP contribution in [0.3, 0.4) is 0 Å². The predicted octanol–water partition coefficient (Wildman–Crippen LogP) is 2.12. The third-order valence-electron chi connectivity index (χ3n) is 3.04. The lowest BCUT2D eigenvalue weighted by molar-refractivity contribution is -0.119. The van der Waals surface area contributed by atoms with Gasteiger partial charge in [-0.15, -0.1) is 0 Å². The van der Waals surface area contributed by atoms with E-state index < -0.39 is 0 Å². The van der Waals surface area contributed by atoms with Gasteiger partial charge in [-0.2, -0.15) is 0 Å². The fraction of sp³-hybridized carbons (Fsp3) is 0.286. The highest BCUT2D eigenvalue weighted by atomic mass is 16.2. The number of para-hydroxylation sites is 1. The Morgan fingerprint density at radius 3 is 2.72 bits per heavy atom. The summed E-state index contributed by atoms with van der Waals surface area (Å²) in [6.45, 7) is 1.87. The van der Waals surface area contributed by atoms with Crippen molar-refractivity contribution < 1.29 is 4.79 Å². The fourth-order valence-corrected chi connectivity index (χ4v) is 1.68. The first-order chi connectivity index (χ1) is 8.59. The number of rotatable bonds is 3. The van der Waals surface area contributed by atoms with Gasteiger partial charge in [0.25, 0.3) is 0 Å². The van der Waals surface area contributed by atoms with E-state index in [0.29, 0.717) is 0 Å². The normalized spacial score (nSPS) is 12.7. The van der Waals surface area contributed by atoms with Crippen molar-refractivity contribution in [2.45, 2.75) is 13.0 Å². The Balaban J connectivity index is 2.30. The third kappa shape index (κ3) is 2.49. The Kier molecular flexibility index (Phi) is 3.58. The second kappa shape index (κ2) is 5.14. The molecule has 0 bridgehead atoms. The number of hydrogen-bond acceptors (Lipinski definition) is 3. The van der Waals surface area contributed by atoms with E-state index in [9.17, 15) is 4.79 Å². The molecule has 1 aromatic heterocycles. The van der Waals surface area contributed by atoms with Gasteiger partial charge in [0, 0.05) is 11.6 Å². The Morgan fingerprint density at radius 2 is 2.00 bits per heavy atom. The molecule has 18 heavy (non-hydrogen) atoms. The fourth-order valence-electron chi connectivity index (χ4n) is 1.68. The summed E-state index contributed by atoms with van der Waals surface area (Å²) in [5.41, 5.74) is 1.58. The van der Waals surface area contributed by atoms with E-state index in [1.807, 2.05) is 56.3 Å². The van der Waals surface area contributed by atoms with Crippen LogP contribution in [0.2, 0.25) is 0 Å². The number of hydrogen-bond donors (Lipinski definition) is 1. The average Bonchev–Trinajstić information content (AvgIpc) is 2.38. The molecule has 0 saturated carbocycles. The van der Waals surface area contributed by atoms with Crippen molar-refractivity contribution in [3.63, 3.8) is 0 Å². The van der Waals surface area contributed by atoms with Crippen molar-refractivity contribution in [3.05, 3.63) is 36.5 Å². The molecular formula is C14H17N3O. The highest BCUT2D eigenvalue weighted by Crippen LogP contribution is 2.20. The Hall–Kier alpha value is -1.94. The number of likely N-dealkylation sites (N-methyl/N-ethyl adjacent to an activating group) is 1. The molecular weight excluding hydrogens is 226 g/mol. The molecule has 1 N–H and O–H groups in total. The minimum absolute atomic E-state index is 0.0295. The summed E-state index contributed by atoms with van der Waals surface area (Å²) in [5.74, 6) is -0.0295. The summed E-state index contributed by atoms with van der Waals surface area (Å²) >= 11 is 0. The number of carbonyl (C=O) groups is 1. The van der Waals surface area contributed by atoms with Crippen molar-refractivity contribution in [3.8, 4) is 0 Å². The summed E-state index contributed by atoms with van der Waals surface area (Å²) in [7, 11) is 3.76. The van der Waals surface area contributed by atoms with Crippen molar-refractivity contribution in [2.24, 2.45) is 0 Å². The smallest absolute Gasteiger partial charge is 0.241 e. The second-order valence-corrected chi connectivity index (χ2v) is 4.51. The number of nitrogens with one attached hydrogen (secondary N) is 1. The molecule has 0 fully saturated rings. The minimum atomic E-state index is -0.177. The second-order valence-electron chi connectivity index (χ2n) is 4.51. The topological polar surface area (TPSA) is 45.2 Å². The molecule has 2 aromatic rings. The van der Waals surface area contributed by atoms with Crippen molar-refractivity contribution >= 4 is 22.5 Å². The summed E-state index contributed by atoms with van der Waals surface area (Å²) in [6.07, 6.45) is 1.73. The van der Waals surface area contributed by atoms with Gasteiger partial charge in [0.05, 0.1) is 17.2 Å². The molecule has 0 aliphatic carbocycles. The largest absolute Gasteiger partial charge is 0.323 e. The number of benzene rings is 1. The molecule has 1 atom stereocenters. The molecule has 0 unspecified atom stereocenters. The van der Waals surface area contributed by atoms with Gasteiger partial charge in [0.15, 0.2) is 0 Å². The number of carbonyl (C=O) groups excluding carboxylic acids is 1. The van der Waals surface area contributed by atoms with Gasteiger partial charge in [0.1, 0.15) is 0 Å². The minimum Gasteiger partial charge on any atom is -0.323 e. The van der Waals surface area contributed by atoms with Crippen LogP contribution in [0.5, 0.6) is 0 Å². The molecule has 2 rings (SSSR count). The van der Waals surface area contributed by atoms with Gasteiger partial charge >= 0.3 is 0 Å². The lowest BCUT2D eigenvalue weighted by atomic mass is 10.2. The zero-order valence-electron chi connectivity index (χ0n) is 10.8. The number of aromatic nitrogens is 1. The number of nitrogens with zero attached hydrogens (tertiary/aromatic N) is 2. The van der Waals surface area contributed by atoms with Gasteiger partial charge < -0.3 is 5.32 Å². The van der Waals surface area contributed by atoms with E-state index in [4.69, 9.17) is 0 Å². The van der Waals surface area contributed by atoms with Crippen molar-refractivity contribution in [1.29, 1.82) is 0 Å². The predicted molar refractivity (Wildman–Crippen MR) is 73.5 cm³/mol. The van der Waals surface area contributed by atoms with Gasteiger partial charge in [-0.05, 0) is 33.2 Å². The van der Waals surface area contributed by atoms with Gasteiger partial charge in [0.2, 0.25) is 5.91 Å². The summed E-state index contributed by atoms with van der Waals surface area (Å²) in [5, 5.41) is 3.94. The molecule has 0 spiro atoms. The van der Waals surface area contributed by atoms with E-state index in [1.165, 1.54) is 0 Å². The van der Waals surface area contributed by atoms with Crippen LogP contribution in [0.4, 0.5) is 5.69 Å². The van der Waals surface area contributed by atoms with E-state index >= 15 is 0 Å². The lowest BCUT2D eigenvalue weighted by Crippen LogP contribution is -2.37. The third-order valence-corrected chi connectivity index (χ3v) is 3.04. The molecule has 0 radical (unpaired) electrons. The number of pyridine rings is 1. The standard InChI is InChI=1S/C14H17N3O/c1-10(17(2)3)14(18)16-12-8-4-6-11-7-5-9-15-13(11)12/h4-10H,1-3H3,(H,16,18)/t10-/m0/s1. The maximum Gasteiger partial charge on any atom is 0.241 e. The van der Waals surface area contributed by atoms with Crippen LogP contribution in [0, 0.1) is 0 Å². The molecule has 1 amide bonds. The number of anilines is 1. The van der Waals surface area contributed by atoms with Gasteiger partial charge in [-0.1, -0.05) is 18.2 Å². The summed E-state index contributed by atoms with van der Waals surface area (Å²) < 4.78 is 0. The zero-order valence-corrected chi connectivity index (χ0v) is 10.8. The van der Waals surface area contributed by atoms with Crippen LogP contribution in [-0.2, 0) is 4.79 Å². The van der Waals surface area contributed by atoms with Gasteiger partial charge in [-0.25, -0.2) is 0 Å². The van der Waals surface area contributed by atoms with E-state index in [1.54, 1.807) is 6.20 Å². The number of amides is 1. The maximum atomic E-state index is 12.0. The molecule has 4 nitrogen and oxygen atoms in total. The quantitative estimate of drug-likeness (QED) is 0.898. The Bertz CT molecular complexity index is 560. The van der Waals surface area contributed by atoms with Crippen LogP contribution < -0.4 is 5.32 Å².